The van der Waals surface area contributed by atoms with Gasteiger partial charge in [0.25, 0.3) is 11.5 Å². The van der Waals surface area contributed by atoms with E-state index in [9.17, 15) is 19.2 Å². The molecular weight excluding hydrogens is 659 g/mol. The highest BCUT2D eigenvalue weighted by molar-refractivity contribution is 8.00. The first-order valence-corrected chi connectivity index (χ1v) is 16.3. The number of carbonyl (C=O) groups is 3. The highest BCUT2D eigenvalue weighted by Gasteiger charge is 2.54. The van der Waals surface area contributed by atoms with Crippen molar-refractivity contribution in [2.45, 2.75) is 17.8 Å². The van der Waals surface area contributed by atoms with Gasteiger partial charge in [-0.3, -0.25) is 19.3 Å². The minimum atomic E-state index is -0.777. The number of H-pyrrole nitrogens is 1. The summed E-state index contributed by atoms with van der Waals surface area (Å²) in [6, 6.07) is 12.6. The number of carbonyl (C=O) groups excluding carboxylic acids is 3. The fourth-order valence-electron chi connectivity index (χ4n) is 5.00. The van der Waals surface area contributed by atoms with Crippen LogP contribution in [-0.4, -0.2) is 63.0 Å². The molecule has 2 amide bonds. The molecule has 4 aromatic rings. The van der Waals surface area contributed by atoms with Crippen LogP contribution < -0.4 is 15.6 Å². The Morgan fingerprint density at radius 1 is 1.16 bits per heavy atom. The topological polar surface area (TPSA) is 131 Å². The minimum absolute atomic E-state index is 0.0508. The molecule has 10 nitrogen and oxygen atoms in total. The average Bonchev–Trinajstić information content (AvgIpc) is 3.54. The Kier molecular flexibility index (Phi) is 8.99. The fraction of sp³-hybridized carbons (Fsp3) is 0.194. The number of ether oxygens (including phenoxy) is 2. The molecule has 0 saturated carbocycles. The van der Waals surface area contributed by atoms with Crippen LogP contribution in [0.3, 0.4) is 0 Å². The second kappa shape index (κ2) is 13.1. The van der Waals surface area contributed by atoms with Crippen molar-refractivity contribution in [3.05, 3.63) is 103 Å². The van der Waals surface area contributed by atoms with E-state index >= 15 is 0 Å². The van der Waals surface area contributed by atoms with E-state index in [0.29, 0.717) is 43.6 Å². The largest absolute Gasteiger partial charge is 0.488 e. The predicted octanol–water partition coefficient (Wildman–Crippen LogP) is 4.96. The van der Waals surface area contributed by atoms with Crippen LogP contribution in [0, 0.1) is 0 Å². The summed E-state index contributed by atoms with van der Waals surface area (Å²) in [6.07, 6.45) is 1.59. The second-order valence-electron chi connectivity index (χ2n) is 10.1. The number of nitrogens with zero attached hydrogens (tertiary/aromatic N) is 2. The Morgan fingerprint density at radius 3 is 2.73 bits per heavy atom. The normalized spacial score (nSPS) is 17.5. The number of hydrogen-bond donors (Lipinski definition) is 2. The lowest BCUT2D eigenvalue weighted by atomic mass is 10.0. The zero-order valence-corrected chi connectivity index (χ0v) is 26.5. The van der Waals surface area contributed by atoms with Crippen molar-refractivity contribution in [2.24, 2.45) is 0 Å². The van der Waals surface area contributed by atoms with Crippen molar-refractivity contribution >= 4 is 75.0 Å². The van der Waals surface area contributed by atoms with Crippen molar-refractivity contribution in [1.29, 1.82) is 0 Å². The number of fused-ring (bicyclic) bond motifs is 2. The zero-order chi connectivity index (χ0) is 31.7. The van der Waals surface area contributed by atoms with Crippen molar-refractivity contribution < 1.29 is 23.9 Å². The Hall–Kier alpha value is -4.10. The van der Waals surface area contributed by atoms with Crippen molar-refractivity contribution in [3.8, 4) is 17.1 Å². The van der Waals surface area contributed by atoms with Gasteiger partial charge in [-0.15, -0.1) is 23.1 Å². The molecule has 1 fully saturated rings. The van der Waals surface area contributed by atoms with Crippen LogP contribution in [0.2, 0.25) is 10.0 Å². The number of aromatic nitrogens is 2. The maximum Gasteiger partial charge on any atom is 0.355 e. The molecule has 0 bridgehead atoms. The van der Waals surface area contributed by atoms with Gasteiger partial charge >= 0.3 is 5.97 Å². The maximum absolute atomic E-state index is 13.3. The van der Waals surface area contributed by atoms with E-state index in [-0.39, 0.29) is 42.6 Å². The lowest BCUT2D eigenvalue weighted by Gasteiger charge is -2.49. The molecule has 230 valence electrons. The molecule has 2 atom stereocenters. The first-order chi connectivity index (χ1) is 21.7. The average molecular weight is 684 g/mol. The van der Waals surface area contributed by atoms with Crippen LogP contribution >= 0.6 is 46.3 Å². The first kappa shape index (κ1) is 30.9. The highest BCUT2D eigenvalue weighted by Crippen LogP contribution is 2.41. The number of nitrogens with one attached hydrogen (secondary N) is 2. The monoisotopic (exact) mass is 682 g/mol. The summed E-state index contributed by atoms with van der Waals surface area (Å²) in [6.45, 7) is 3.45. The predicted molar refractivity (Wildman–Crippen MR) is 175 cm³/mol. The van der Waals surface area contributed by atoms with Gasteiger partial charge < -0.3 is 19.8 Å². The molecule has 2 aliphatic heterocycles. The molecule has 0 aliphatic carbocycles. The molecule has 6 rings (SSSR count). The third-order valence-corrected chi connectivity index (χ3v) is 9.76. The first-order valence-electron chi connectivity index (χ1n) is 13.6. The molecule has 14 heteroatoms. The highest BCUT2D eigenvalue weighted by atomic mass is 35.5. The number of rotatable bonds is 10. The van der Waals surface area contributed by atoms with Gasteiger partial charge in [-0.05, 0) is 47.8 Å². The SMILES string of the molecule is C=CCOC(=O)C1=C(COc2ccc(Cl)cc2-c2nc3ccc(Cl)cc3c(=O)[nH]2)CSC2C(NC(=O)Cc3cccs3)C(=O)N12. The van der Waals surface area contributed by atoms with E-state index in [1.807, 2.05) is 17.5 Å². The van der Waals surface area contributed by atoms with Crippen molar-refractivity contribution in [3.63, 3.8) is 0 Å². The molecule has 1 saturated heterocycles. The fourth-order valence-corrected chi connectivity index (χ4v) is 7.37. The van der Waals surface area contributed by atoms with Gasteiger partial charge in [-0.25, -0.2) is 9.78 Å². The second-order valence-corrected chi connectivity index (χ2v) is 13.1. The van der Waals surface area contributed by atoms with Crippen molar-refractivity contribution in [1.82, 2.24) is 20.2 Å². The number of amides is 2. The summed E-state index contributed by atoms with van der Waals surface area (Å²) in [7, 11) is 0. The molecule has 2 aliphatic rings. The molecule has 2 aromatic carbocycles. The number of esters is 1. The van der Waals surface area contributed by atoms with E-state index in [0.717, 1.165) is 4.88 Å². The Morgan fingerprint density at radius 2 is 1.96 bits per heavy atom. The van der Waals surface area contributed by atoms with Crippen LogP contribution in [-0.2, 0) is 25.5 Å². The van der Waals surface area contributed by atoms with E-state index in [4.69, 9.17) is 32.7 Å². The van der Waals surface area contributed by atoms with Crippen LogP contribution in [0.5, 0.6) is 5.75 Å². The molecule has 4 heterocycles. The van der Waals surface area contributed by atoms with Crippen LogP contribution in [0.15, 0.2) is 82.6 Å². The molecule has 2 N–H and O–H groups in total. The number of thiophene rings is 1. The molecule has 2 unspecified atom stereocenters. The Balaban J connectivity index is 1.26. The molecular formula is C31H24Cl2N4O6S2. The number of halogens is 2. The Labute approximate surface area is 275 Å². The summed E-state index contributed by atoms with van der Waals surface area (Å²) in [4.78, 5) is 61.6. The van der Waals surface area contributed by atoms with Gasteiger partial charge in [-0.2, -0.15) is 0 Å². The van der Waals surface area contributed by atoms with Crippen LogP contribution in [0.1, 0.15) is 4.88 Å². The summed E-state index contributed by atoms with van der Waals surface area (Å²) in [5.74, 6) is -0.499. The smallest absolute Gasteiger partial charge is 0.355 e. The quantitative estimate of drug-likeness (QED) is 0.136. The lowest BCUT2D eigenvalue weighted by molar-refractivity contribution is -0.152. The molecule has 45 heavy (non-hydrogen) atoms. The van der Waals surface area contributed by atoms with E-state index < -0.39 is 23.3 Å². The minimum Gasteiger partial charge on any atom is -0.488 e. The molecule has 0 radical (unpaired) electrons. The maximum atomic E-state index is 13.3. The summed E-state index contributed by atoms with van der Waals surface area (Å²) in [5.41, 5.74) is 1.04. The van der Waals surface area contributed by atoms with Crippen LogP contribution in [0.4, 0.5) is 0 Å². The summed E-state index contributed by atoms with van der Waals surface area (Å²) < 4.78 is 11.5. The van der Waals surface area contributed by atoms with Gasteiger partial charge in [0.1, 0.15) is 41.9 Å². The van der Waals surface area contributed by atoms with Gasteiger partial charge in [0.15, 0.2) is 0 Å². The van der Waals surface area contributed by atoms with Crippen LogP contribution in [0.25, 0.3) is 22.3 Å². The van der Waals surface area contributed by atoms with Gasteiger partial charge in [-0.1, -0.05) is 41.9 Å². The van der Waals surface area contributed by atoms with Gasteiger partial charge in [0, 0.05) is 26.2 Å². The standard InChI is InChI=1S/C31H24Cl2N4O6S2/c1-2-9-42-31(41)26-16(15-45-30-25(29(40)37(26)30)35-24(38)13-19-4-3-10-44-19)14-43-23-8-6-18(33)12-21(23)27-34-22-7-5-17(32)11-20(22)28(39)36-27/h2-8,10-12,25,30H,1,9,13-15H2,(H,35,38)(H,34,36,39). The van der Waals surface area contributed by atoms with Crippen molar-refractivity contribution in [2.75, 3.05) is 19.0 Å². The van der Waals surface area contributed by atoms with E-state index in [2.05, 4.69) is 21.9 Å². The van der Waals surface area contributed by atoms with Gasteiger partial charge in [0.2, 0.25) is 5.91 Å². The number of thioether (sulfide) groups is 1. The third-order valence-electron chi connectivity index (χ3n) is 7.07. The molecule has 2 aromatic heterocycles. The third kappa shape index (κ3) is 6.36. The number of hydrogen-bond acceptors (Lipinski definition) is 9. The lowest BCUT2D eigenvalue weighted by Crippen LogP contribution is -2.70. The number of aromatic amines is 1. The Bertz CT molecular complexity index is 1930. The van der Waals surface area contributed by atoms with E-state index in [1.54, 1.807) is 30.3 Å². The van der Waals surface area contributed by atoms with Gasteiger partial charge in [0.05, 0.1) is 22.9 Å². The molecule has 0 spiro atoms. The summed E-state index contributed by atoms with van der Waals surface area (Å²) in [5, 5.41) is 5.34. The summed E-state index contributed by atoms with van der Waals surface area (Å²) >= 11 is 15.2. The number of β-lactam (4-membered cyclic amide) rings is 1. The number of benzene rings is 2. The van der Waals surface area contributed by atoms with E-state index in [1.165, 1.54) is 40.1 Å². The zero-order valence-electron chi connectivity index (χ0n) is 23.4.